The average molecular weight is 231 g/mol. The van der Waals surface area contributed by atoms with Crippen LogP contribution in [0, 0.1) is 23.6 Å². The van der Waals surface area contributed by atoms with Crippen LogP contribution in [0.3, 0.4) is 0 Å². The van der Waals surface area contributed by atoms with Crippen molar-refractivity contribution >= 4 is 11.6 Å². The van der Waals surface area contributed by atoms with Crippen molar-refractivity contribution in [1.82, 2.24) is 0 Å². The van der Waals surface area contributed by atoms with Gasteiger partial charge in [-0.25, -0.2) is 4.39 Å². The zero-order valence-electron chi connectivity index (χ0n) is 9.40. The lowest BCUT2D eigenvalue weighted by molar-refractivity contribution is -0.120. The van der Waals surface area contributed by atoms with Crippen molar-refractivity contribution in [2.45, 2.75) is 12.8 Å². The van der Waals surface area contributed by atoms with Crippen LogP contribution in [0.4, 0.5) is 10.1 Å². The number of halogens is 1. The van der Waals surface area contributed by atoms with Gasteiger partial charge in [0.25, 0.3) is 0 Å². The first-order valence-electron chi connectivity index (χ1n) is 5.97. The molecule has 0 saturated heterocycles. The monoisotopic (exact) mass is 231 g/mol. The summed E-state index contributed by atoms with van der Waals surface area (Å²) in [5.74, 6) is 0.716. The summed E-state index contributed by atoms with van der Waals surface area (Å²) >= 11 is 0. The van der Waals surface area contributed by atoms with E-state index in [0.29, 0.717) is 17.5 Å². The van der Waals surface area contributed by atoms with Crippen LogP contribution < -0.4 is 5.32 Å². The normalized spacial score (nSPS) is 29.6. The van der Waals surface area contributed by atoms with Gasteiger partial charge in [0.05, 0.1) is 0 Å². The number of carbonyl (C=O) groups is 1. The topological polar surface area (TPSA) is 29.1 Å². The Kier molecular flexibility index (Phi) is 2.46. The lowest BCUT2D eigenvalue weighted by Gasteiger charge is -2.17. The van der Waals surface area contributed by atoms with E-state index in [4.69, 9.17) is 0 Å². The third-order valence-electron chi connectivity index (χ3n) is 3.71. The highest BCUT2D eigenvalue weighted by molar-refractivity contribution is 5.93. The minimum Gasteiger partial charge on any atom is -0.326 e. The van der Waals surface area contributed by atoms with Crippen LogP contribution >= 0.6 is 0 Å². The number of carbonyl (C=O) groups excluding carboxylic acids is 1. The van der Waals surface area contributed by atoms with Crippen molar-refractivity contribution in [2.24, 2.45) is 17.8 Å². The molecular formula is C14H14FNO. The van der Waals surface area contributed by atoms with Gasteiger partial charge in [0.15, 0.2) is 0 Å². The summed E-state index contributed by atoms with van der Waals surface area (Å²) in [7, 11) is 0. The maximum Gasteiger partial charge on any atom is 0.228 e. The molecule has 1 amide bonds. The number of fused-ring (bicyclic) bond motifs is 2. The first-order chi connectivity index (χ1) is 8.22. The highest BCUT2D eigenvalue weighted by Gasteiger charge is 2.39. The number of benzene rings is 1. The van der Waals surface area contributed by atoms with E-state index in [1.54, 1.807) is 12.1 Å². The number of hydrogen-bond donors (Lipinski definition) is 1. The van der Waals surface area contributed by atoms with Gasteiger partial charge in [-0.3, -0.25) is 4.79 Å². The summed E-state index contributed by atoms with van der Waals surface area (Å²) in [6.07, 6.45) is 6.38. The molecule has 0 radical (unpaired) electrons. The number of rotatable bonds is 2. The molecule has 1 aromatic carbocycles. The second kappa shape index (κ2) is 3.99. The van der Waals surface area contributed by atoms with Gasteiger partial charge in [0.2, 0.25) is 5.91 Å². The van der Waals surface area contributed by atoms with E-state index < -0.39 is 0 Å². The molecule has 2 aliphatic rings. The van der Waals surface area contributed by atoms with E-state index in [2.05, 4.69) is 17.5 Å². The largest absolute Gasteiger partial charge is 0.326 e. The maximum absolute atomic E-state index is 13.0. The number of allylic oxidation sites excluding steroid dienone is 2. The van der Waals surface area contributed by atoms with Crippen LogP contribution in [0.5, 0.6) is 0 Å². The van der Waals surface area contributed by atoms with Crippen LogP contribution in [0.15, 0.2) is 36.4 Å². The van der Waals surface area contributed by atoms with Crippen molar-refractivity contribution in [2.75, 3.05) is 5.32 Å². The molecule has 0 heterocycles. The molecule has 3 heteroatoms. The summed E-state index contributed by atoms with van der Waals surface area (Å²) < 4.78 is 13.0. The van der Waals surface area contributed by atoms with E-state index in [1.807, 2.05) is 0 Å². The van der Waals surface area contributed by atoms with Crippen molar-refractivity contribution < 1.29 is 9.18 Å². The molecule has 1 fully saturated rings. The van der Waals surface area contributed by atoms with E-state index in [0.717, 1.165) is 12.8 Å². The van der Waals surface area contributed by atoms with Gasteiger partial charge in [0, 0.05) is 11.6 Å². The molecule has 3 atom stereocenters. The second-order valence-corrected chi connectivity index (χ2v) is 4.89. The molecule has 2 nitrogen and oxygen atoms in total. The Labute approximate surface area is 99.5 Å². The lowest BCUT2D eigenvalue weighted by atomic mass is 9.93. The maximum atomic E-state index is 13.0. The highest BCUT2D eigenvalue weighted by atomic mass is 19.1. The second-order valence-electron chi connectivity index (χ2n) is 4.89. The summed E-state index contributed by atoms with van der Waals surface area (Å²) in [5.41, 5.74) is 0.543. The van der Waals surface area contributed by atoms with E-state index >= 15 is 0 Å². The molecule has 1 aromatic rings. The molecule has 0 spiro atoms. The van der Waals surface area contributed by atoms with Gasteiger partial charge in [-0.15, -0.1) is 0 Å². The van der Waals surface area contributed by atoms with Crippen molar-refractivity contribution in [3.63, 3.8) is 0 Å². The standard InChI is InChI=1S/C14H14FNO/c15-11-2-1-3-12(8-11)16-14(17)13-7-9-4-5-10(13)6-9/h1-5,8-10,13H,6-7H2,(H,16,17). The van der Waals surface area contributed by atoms with Gasteiger partial charge in [-0.2, -0.15) is 0 Å². The number of nitrogens with one attached hydrogen (secondary N) is 1. The van der Waals surface area contributed by atoms with Gasteiger partial charge in [-0.1, -0.05) is 18.2 Å². The molecule has 17 heavy (non-hydrogen) atoms. The Morgan fingerprint density at radius 1 is 1.29 bits per heavy atom. The SMILES string of the molecule is O=C(Nc1cccc(F)c1)C1CC2C=CC1C2. The fourth-order valence-corrected chi connectivity index (χ4v) is 2.88. The molecule has 1 saturated carbocycles. The third-order valence-corrected chi connectivity index (χ3v) is 3.71. The quantitative estimate of drug-likeness (QED) is 0.779. The average Bonchev–Trinajstić information content (AvgIpc) is 2.90. The Balaban J connectivity index is 1.70. The van der Waals surface area contributed by atoms with E-state index in [-0.39, 0.29) is 17.6 Å². The number of anilines is 1. The first kappa shape index (κ1) is 10.5. The smallest absolute Gasteiger partial charge is 0.228 e. The molecular weight excluding hydrogens is 217 g/mol. The summed E-state index contributed by atoms with van der Waals surface area (Å²) in [4.78, 5) is 12.0. The molecule has 3 rings (SSSR count). The van der Waals surface area contributed by atoms with Gasteiger partial charge < -0.3 is 5.32 Å². The van der Waals surface area contributed by atoms with Gasteiger partial charge in [-0.05, 0) is 42.9 Å². The number of hydrogen-bond acceptors (Lipinski definition) is 1. The van der Waals surface area contributed by atoms with Crippen LogP contribution in [0.25, 0.3) is 0 Å². The predicted molar refractivity (Wildman–Crippen MR) is 63.9 cm³/mol. The first-order valence-corrected chi connectivity index (χ1v) is 5.97. The molecule has 88 valence electrons. The van der Waals surface area contributed by atoms with Crippen molar-refractivity contribution in [1.29, 1.82) is 0 Å². The van der Waals surface area contributed by atoms with Gasteiger partial charge in [0.1, 0.15) is 5.82 Å². The van der Waals surface area contributed by atoms with Crippen LogP contribution in [0.1, 0.15) is 12.8 Å². The zero-order valence-corrected chi connectivity index (χ0v) is 9.40. The molecule has 2 bridgehead atoms. The van der Waals surface area contributed by atoms with Crippen molar-refractivity contribution in [3.05, 3.63) is 42.2 Å². The minimum absolute atomic E-state index is 0.0208. The Morgan fingerprint density at radius 2 is 2.18 bits per heavy atom. The van der Waals surface area contributed by atoms with E-state index in [9.17, 15) is 9.18 Å². The predicted octanol–water partition coefficient (Wildman–Crippen LogP) is 2.98. The summed E-state index contributed by atoms with van der Waals surface area (Å²) in [5, 5.41) is 2.80. The third kappa shape index (κ3) is 1.97. The molecule has 0 aromatic heterocycles. The van der Waals surface area contributed by atoms with Crippen LogP contribution in [-0.4, -0.2) is 5.91 Å². The highest BCUT2D eigenvalue weighted by Crippen LogP contribution is 2.43. The van der Waals surface area contributed by atoms with E-state index in [1.165, 1.54) is 12.1 Å². The zero-order chi connectivity index (χ0) is 11.8. The lowest BCUT2D eigenvalue weighted by Crippen LogP contribution is -2.25. The minimum atomic E-state index is -0.323. The van der Waals surface area contributed by atoms with Crippen LogP contribution in [-0.2, 0) is 4.79 Å². The Morgan fingerprint density at radius 3 is 2.82 bits per heavy atom. The summed E-state index contributed by atoms with van der Waals surface area (Å²) in [6, 6.07) is 6.03. The van der Waals surface area contributed by atoms with Crippen LogP contribution in [0.2, 0.25) is 0 Å². The Bertz CT molecular complexity index is 483. The number of amides is 1. The molecule has 2 aliphatic carbocycles. The Hall–Kier alpha value is -1.64. The fraction of sp³-hybridized carbons (Fsp3) is 0.357. The van der Waals surface area contributed by atoms with Gasteiger partial charge >= 0.3 is 0 Å². The fourth-order valence-electron chi connectivity index (χ4n) is 2.88. The summed E-state index contributed by atoms with van der Waals surface area (Å²) in [6.45, 7) is 0. The molecule has 0 aliphatic heterocycles. The molecule has 1 N–H and O–H groups in total. The molecule has 3 unspecified atom stereocenters. The van der Waals surface area contributed by atoms with Crippen molar-refractivity contribution in [3.8, 4) is 0 Å².